The molecule has 1 heterocycles. The first-order valence-electron chi connectivity index (χ1n) is 9.24. The number of carbonyl (C=O) groups excluding carboxylic acids is 2. The van der Waals surface area contributed by atoms with Gasteiger partial charge in [0.15, 0.2) is 0 Å². The summed E-state index contributed by atoms with van der Waals surface area (Å²) in [5.74, 6) is 0.901. The quantitative estimate of drug-likeness (QED) is 0.677. The molecular formula is C22H24N2O4. The number of para-hydroxylation sites is 1. The minimum atomic E-state index is -0.304. The minimum Gasteiger partial charge on any atom is -0.494 e. The van der Waals surface area contributed by atoms with Gasteiger partial charge in [-0.25, -0.2) is 0 Å². The Balaban J connectivity index is 1.58. The van der Waals surface area contributed by atoms with E-state index in [4.69, 9.17) is 9.15 Å². The van der Waals surface area contributed by atoms with Crippen molar-refractivity contribution in [2.75, 3.05) is 20.2 Å². The van der Waals surface area contributed by atoms with Crippen molar-refractivity contribution in [2.24, 2.45) is 0 Å². The predicted molar refractivity (Wildman–Crippen MR) is 107 cm³/mol. The summed E-state index contributed by atoms with van der Waals surface area (Å²) in [6.45, 7) is 4.27. The lowest BCUT2D eigenvalue weighted by molar-refractivity contribution is -0.131. The van der Waals surface area contributed by atoms with Crippen LogP contribution in [-0.2, 0) is 4.79 Å². The summed E-state index contributed by atoms with van der Waals surface area (Å²) in [5.41, 5.74) is 1.26. The SMILES string of the molecule is CCOc1ccc(C(=O)NCC(=O)N(C)C(C)c2cc3ccccc3o2)cc1. The molecule has 0 aliphatic heterocycles. The maximum absolute atomic E-state index is 12.5. The summed E-state index contributed by atoms with van der Waals surface area (Å²) < 4.78 is 11.2. The van der Waals surface area contributed by atoms with E-state index in [1.165, 1.54) is 0 Å². The molecule has 0 aliphatic rings. The molecule has 0 radical (unpaired) electrons. The van der Waals surface area contributed by atoms with Crippen molar-refractivity contribution < 1.29 is 18.7 Å². The van der Waals surface area contributed by atoms with Crippen molar-refractivity contribution in [3.05, 3.63) is 65.9 Å². The molecule has 6 nitrogen and oxygen atoms in total. The molecule has 1 aromatic heterocycles. The maximum Gasteiger partial charge on any atom is 0.251 e. The molecule has 1 unspecified atom stereocenters. The number of benzene rings is 2. The zero-order chi connectivity index (χ0) is 20.1. The van der Waals surface area contributed by atoms with Crippen LogP contribution in [0, 0.1) is 0 Å². The van der Waals surface area contributed by atoms with E-state index in [-0.39, 0.29) is 24.4 Å². The summed E-state index contributed by atoms with van der Waals surface area (Å²) in [5, 5.41) is 3.66. The van der Waals surface area contributed by atoms with E-state index in [1.807, 2.05) is 44.2 Å². The van der Waals surface area contributed by atoms with E-state index in [0.29, 0.717) is 23.7 Å². The van der Waals surface area contributed by atoms with Gasteiger partial charge in [0.1, 0.15) is 17.1 Å². The van der Waals surface area contributed by atoms with Crippen LogP contribution < -0.4 is 10.1 Å². The average molecular weight is 380 g/mol. The zero-order valence-electron chi connectivity index (χ0n) is 16.3. The van der Waals surface area contributed by atoms with E-state index in [1.54, 1.807) is 36.2 Å². The van der Waals surface area contributed by atoms with Crippen molar-refractivity contribution in [2.45, 2.75) is 19.9 Å². The van der Waals surface area contributed by atoms with Crippen LogP contribution in [0.4, 0.5) is 0 Å². The Morgan fingerprint density at radius 1 is 1.14 bits per heavy atom. The number of rotatable bonds is 7. The Kier molecular flexibility index (Phi) is 5.99. The smallest absolute Gasteiger partial charge is 0.251 e. The molecule has 146 valence electrons. The largest absolute Gasteiger partial charge is 0.494 e. The molecule has 0 spiro atoms. The lowest BCUT2D eigenvalue weighted by atomic mass is 10.2. The van der Waals surface area contributed by atoms with Crippen molar-refractivity contribution in [1.82, 2.24) is 10.2 Å². The molecule has 6 heteroatoms. The van der Waals surface area contributed by atoms with E-state index < -0.39 is 0 Å². The molecule has 0 saturated heterocycles. The second kappa shape index (κ2) is 8.61. The number of hydrogen-bond donors (Lipinski definition) is 1. The first-order chi connectivity index (χ1) is 13.5. The van der Waals surface area contributed by atoms with Crippen LogP contribution in [0.15, 0.2) is 59.0 Å². The number of amides is 2. The van der Waals surface area contributed by atoms with Crippen LogP contribution in [0.2, 0.25) is 0 Å². The minimum absolute atomic E-state index is 0.0902. The van der Waals surface area contributed by atoms with Crippen LogP contribution >= 0.6 is 0 Å². The fourth-order valence-corrected chi connectivity index (χ4v) is 2.87. The fraction of sp³-hybridized carbons (Fsp3) is 0.273. The second-order valence-electron chi connectivity index (χ2n) is 6.51. The van der Waals surface area contributed by atoms with Crippen LogP contribution in [0.1, 0.15) is 36.0 Å². The van der Waals surface area contributed by atoms with Gasteiger partial charge in [-0.15, -0.1) is 0 Å². The molecule has 2 amide bonds. The number of carbonyl (C=O) groups is 2. The molecule has 0 aliphatic carbocycles. The molecule has 0 fully saturated rings. The third-order valence-corrected chi connectivity index (χ3v) is 4.66. The highest BCUT2D eigenvalue weighted by Crippen LogP contribution is 2.26. The molecule has 1 N–H and O–H groups in total. The van der Waals surface area contributed by atoms with Gasteiger partial charge in [0, 0.05) is 18.0 Å². The standard InChI is InChI=1S/C22H24N2O4/c1-4-27-18-11-9-16(10-12-18)22(26)23-14-21(25)24(3)15(2)20-13-17-7-5-6-8-19(17)28-20/h5-13,15H,4,14H2,1-3H3,(H,23,26). The van der Waals surface area contributed by atoms with Gasteiger partial charge >= 0.3 is 0 Å². The molecule has 3 aromatic rings. The van der Waals surface area contributed by atoms with Gasteiger partial charge in [0.25, 0.3) is 5.91 Å². The maximum atomic E-state index is 12.5. The molecule has 28 heavy (non-hydrogen) atoms. The van der Waals surface area contributed by atoms with Crippen LogP contribution in [0.3, 0.4) is 0 Å². The van der Waals surface area contributed by atoms with Crippen LogP contribution in [0.5, 0.6) is 5.75 Å². The van der Waals surface area contributed by atoms with Crippen molar-refractivity contribution in [3.8, 4) is 5.75 Å². The lowest BCUT2D eigenvalue weighted by Crippen LogP contribution is -2.39. The Hall–Kier alpha value is -3.28. The van der Waals surface area contributed by atoms with Crippen molar-refractivity contribution in [3.63, 3.8) is 0 Å². The number of hydrogen-bond acceptors (Lipinski definition) is 4. The predicted octanol–water partition coefficient (Wildman–Crippen LogP) is 3.78. The number of fused-ring (bicyclic) bond motifs is 1. The lowest BCUT2D eigenvalue weighted by Gasteiger charge is -2.23. The second-order valence-corrected chi connectivity index (χ2v) is 6.51. The summed E-state index contributed by atoms with van der Waals surface area (Å²) in [6.07, 6.45) is 0. The van der Waals surface area contributed by atoms with Gasteiger partial charge in [-0.3, -0.25) is 9.59 Å². The van der Waals surface area contributed by atoms with Gasteiger partial charge < -0.3 is 19.4 Å². The number of nitrogens with one attached hydrogen (secondary N) is 1. The molecule has 0 bridgehead atoms. The molecule has 0 saturated carbocycles. The highest BCUT2D eigenvalue weighted by atomic mass is 16.5. The highest BCUT2D eigenvalue weighted by molar-refractivity contribution is 5.96. The zero-order valence-corrected chi connectivity index (χ0v) is 16.3. The summed E-state index contributed by atoms with van der Waals surface area (Å²) in [4.78, 5) is 26.3. The van der Waals surface area contributed by atoms with E-state index in [0.717, 1.165) is 11.0 Å². The van der Waals surface area contributed by atoms with Crippen molar-refractivity contribution in [1.29, 1.82) is 0 Å². The third kappa shape index (κ3) is 4.34. The normalized spacial score (nSPS) is 11.8. The van der Waals surface area contributed by atoms with Crippen LogP contribution in [0.25, 0.3) is 11.0 Å². The van der Waals surface area contributed by atoms with E-state index >= 15 is 0 Å². The highest BCUT2D eigenvalue weighted by Gasteiger charge is 2.21. The van der Waals surface area contributed by atoms with Gasteiger partial charge in [0.2, 0.25) is 5.91 Å². The van der Waals surface area contributed by atoms with E-state index in [2.05, 4.69) is 5.32 Å². The molecule has 2 aromatic carbocycles. The van der Waals surface area contributed by atoms with Gasteiger partial charge in [-0.05, 0) is 50.2 Å². The number of ether oxygens (including phenoxy) is 1. The average Bonchev–Trinajstić information content (AvgIpc) is 3.15. The molecule has 1 atom stereocenters. The summed E-state index contributed by atoms with van der Waals surface area (Å²) in [6, 6.07) is 16.2. The van der Waals surface area contributed by atoms with Gasteiger partial charge in [-0.2, -0.15) is 0 Å². The van der Waals surface area contributed by atoms with Gasteiger partial charge in [-0.1, -0.05) is 18.2 Å². The number of furan rings is 1. The molecule has 3 rings (SSSR count). The number of nitrogens with zero attached hydrogens (tertiary/aromatic N) is 1. The first kappa shape index (κ1) is 19.5. The summed E-state index contributed by atoms with van der Waals surface area (Å²) >= 11 is 0. The Morgan fingerprint density at radius 2 is 1.86 bits per heavy atom. The fourth-order valence-electron chi connectivity index (χ4n) is 2.87. The van der Waals surface area contributed by atoms with Crippen LogP contribution in [-0.4, -0.2) is 36.9 Å². The Bertz CT molecular complexity index is 929. The third-order valence-electron chi connectivity index (χ3n) is 4.66. The van der Waals surface area contributed by atoms with E-state index in [9.17, 15) is 9.59 Å². The topological polar surface area (TPSA) is 71.8 Å². The monoisotopic (exact) mass is 380 g/mol. The Morgan fingerprint density at radius 3 is 2.54 bits per heavy atom. The van der Waals surface area contributed by atoms with Gasteiger partial charge in [0.05, 0.1) is 19.2 Å². The molecular weight excluding hydrogens is 356 g/mol. The number of likely N-dealkylation sites (N-methyl/N-ethyl adjacent to an activating group) is 1. The summed E-state index contributed by atoms with van der Waals surface area (Å²) in [7, 11) is 1.70. The first-order valence-corrected chi connectivity index (χ1v) is 9.24. The Labute approximate surface area is 164 Å². The van der Waals surface area contributed by atoms with Crippen molar-refractivity contribution >= 4 is 22.8 Å².